The molecule has 132 valence electrons. The van der Waals surface area contributed by atoms with Crippen LogP contribution in [-0.4, -0.2) is 24.8 Å². The number of carbonyl (C=O) groups excluding carboxylic acids is 2. The zero-order chi connectivity index (χ0) is 18.2. The van der Waals surface area contributed by atoms with Gasteiger partial charge in [-0.05, 0) is 50.1 Å². The lowest BCUT2D eigenvalue weighted by Crippen LogP contribution is -2.28. The van der Waals surface area contributed by atoms with Gasteiger partial charge in [-0.2, -0.15) is 0 Å². The van der Waals surface area contributed by atoms with E-state index in [0.717, 1.165) is 16.9 Å². The van der Waals surface area contributed by atoms with Crippen LogP contribution in [0.2, 0.25) is 0 Å². The first kappa shape index (κ1) is 18.7. The molecular weight excluding hydrogens is 314 g/mol. The van der Waals surface area contributed by atoms with Crippen LogP contribution in [0.3, 0.4) is 0 Å². The molecule has 25 heavy (non-hydrogen) atoms. The number of ether oxygens (including phenoxy) is 1. The minimum atomic E-state index is -0.135. The maximum absolute atomic E-state index is 12.2. The van der Waals surface area contributed by atoms with Crippen LogP contribution >= 0.6 is 0 Å². The SMILES string of the molecule is Cc1ccc(OCCNC(=O)CCC(=O)c2ccc(C)c(C)c2)cc1. The van der Waals surface area contributed by atoms with E-state index < -0.39 is 0 Å². The van der Waals surface area contributed by atoms with E-state index in [-0.39, 0.29) is 24.5 Å². The van der Waals surface area contributed by atoms with Gasteiger partial charge in [-0.25, -0.2) is 0 Å². The molecule has 0 atom stereocenters. The van der Waals surface area contributed by atoms with Gasteiger partial charge in [0.2, 0.25) is 5.91 Å². The van der Waals surface area contributed by atoms with E-state index in [1.165, 1.54) is 5.56 Å². The van der Waals surface area contributed by atoms with Crippen LogP contribution in [0.5, 0.6) is 5.75 Å². The predicted octanol–water partition coefficient (Wildman–Crippen LogP) is 3.77. The summed E-state index contributed by atoms with van der Waals surface area (Å²) in [6, 6.07) is 13.4. The normalized spacial score (nSPS) is 10.4. The van der Waals surface area contributed by atoms with E-state index in [1.807, 2.05) is 63.2 Å². The number of amides is 1. The van der Waals surface area contributed by atoms with Gasteiger partial charge in [0.1, 0.15) is 12.4 Å². The number of Topliss-reactive ketones (excluding diaryl/α,β-unsaturated/α-hetero) is 1. The van der Waals surface area contributed by atoms with Gasteiger partial charge in [-0.15, -0.1) is 0 Å². The van der Waals surface area contributed by atoms with Crippen LogP contribution in [-0.2, 0) is 4.79 Å². The molecule has 0 unspecified atom stereocenters. The summed E-state index contributed by atoms with van der Waals surface area (Å²) >= 11 is 0. The van der Waals surface area contributed by atoms with Crippen molar-refractivity contribution in [3.05, 3.63) is 64.7 Å². The van der Waals surface area contributed by atoms with Crippen LogP contribution < -0.4 is 10.1 Å². The van der Waals surface area contributed by atoms with Gasteiger partial charge in [0.25, 0.3) is 0 Å². The van der Waals surface area contributed by atoms with Gasteiger partial charge in [-0.1, -0.05) is 29.8 Å². The van der Waals surface area contributed by atoms with Crippen molar-refractivity contribution in [3.63, 3.8) is 0 Å². The highest BCUT2D eigenvalue weighted by Gasteiger charge is 2.10. The summed E-state index contributed by atoms with van der Waals surface area (Å²) in [4.78, 5) is 24.0. The fraction of sp³-hybridized carbons (Fsp3) is 0.333. The van der Waals surface area contributed by atoms with Crippen LogP contribution in [0.4, 0.5) is 0 Å². The van der Waals surface area contributed by atoms with Crippen molar-refractivity contribution >= 4 is 11.7 Å². The third-order valence-corrected chi connectivity index (χ3v) is 4.12. The molecule has 1 amide bonds. The molecule has 2 aromatic rings. The van der Waals surface area contributed by atoms with Crippen LogP contribution in [0, 0.1) is 20.8 Å². The Labute approximate surface area is 149 Å². The number of rotatable bonds is 8. The van der Waals surface area contributed by atoms with Crippen molar-refractivity contribution in [2.24, 2.45) is 0 Å². The van der Waals surface area contributed by atoms with Gasteiger partial charge in [0.15, 0.2) is 5.78 Å². The smallest absolute Gasteiger partial charge is 0.220 e. The fourth-order valence-electron chi connectivity index (χ4n) is 2.37. The summed E-state index contributed by atoms with van der Waals surface area (Å²) in [6.07, 6.45) is 0.406. The Morgan fingerprint density at radius 1 is 0.920 bits per heavy atom. The van der Waals surface area contributed by atoms with Crippen LogP contribution in [0.1, 0.15) is 39.9 Å². The summed E-state index contributed by atoms with van der Waals surface area (Å²) in [5.74, 6) is 0.642. The van der Waals surface area contributed by atoms with E-state index in [4.69, 9.17) is 4.74 Å². The minimum absolute atomic E-state index is 0.00541. The molecule has 4 heteroatoms. The van der Waals surface area contributed by atoms with Gasteiger partial charge < -0.3 is 10.1 Å². The lowest BCUT2D eigenvalue weighted by molar-refractivity contribution is -0.121. The Hall–Kier alpha value is -2.62. The Morgan fingerprint density at radius 2 is 1.64 bits per heavy atom. The number of ketones is 1. The number of carbonyl (C=O) groups is 2. The molecule has 2 aromatic carbocycles. The third kappa shape index (κ3) is 6.07. The molecule has 0 radical (unpaired) electrons. The molecule has 0 saturated heterocycles. The van der Waals surface area contributed by atoms with E-state index in [9.17, 15) is 9.59 Å². The molecule has 0 aromatic heterocycles. The maximum atomic E-state index is 12.2. The molecule has 0 heterocycles. The van der Waals surface area contributed by atoms with E-state index >= 15 is 0 Å². The van der Waals surface area contributed by atoms with E-state index in [0.29, 0.717) is 18.7 Å². The molecule has 0 bridgehead atoms. The number of hydrogen-bond donors (Lipinski definition) is 1. The van der Waals surface area contributed by atoms with Crippen LogP contribution in [0.15, 0.2) is 42.5 Å². The lowest BCUT2D eigenvalue weighted by Gasteiger charge is -2.08. The molecule has 0 spiro atoms. The largest absolute Gasteiger partial charge is 0.492 e. The third-order valence-electron chi connectivity index (χ3n) is 4.12. The zero-order valence-electron chi connectivity index (χ0n) is 15.1. The van der Waals surface area contributed by atoms with Crippen molar-refractivity contribution in [1.82, 2.24) is 5.32 Å². The molecule has 0 fully saturated rings. The van der Waals surface area contributed by atoms with Gasteiger partial charge in [0.05, 0.1) is 6.54 Å². The molecule has 1 N–H and O–H groups in total. The number of aryl methyl sites for hydroxylation is 3. The average Bonchev–Trinajstić information content (AvgIpc) is 2.60. The Bertz CT molecular complexity index is 735. The molecule has 0 aliphatic rings. The first-order valence-corrected chi connectivity index (χ1v) is 8.52. The molecule has 0 aliphatic carbocycles. The van der Waals surface area contributed by atoms with Crippen molar-refractivity contribution in [2.75, 3.05) is 13.2 Å². The highest BCUT2D eigenvalue weighted by atomic mass is 16.5. The Morgan fingerprint density at radius 3 is 2.32 bits per heavy atom. The number of hydrogen-bond acceptors (Lipinski definition) is 3. The van der Waals surface area contributed by atoms with Gasteiger partial charge in [-0.3, -0.25) is 9.59 Å². The van der Waals surface area contributed by atoms with Crippen molar-refractivity contribution < 1.29 is 14.3 Å². The lowest BCUT2D eigenvalue weighted by atomic mass is 10.0. The maximum Gasteiger partial charge on any atom is 0.220 e. The second kappa shape index (κ2) is 9.02. The van der Waals surface area contributed by atoms with E-state index in [1.54, 1.807) is 0 Å². The molecule has 0 aliphatic heterocycles. The second-order valence-electron chi connectivity index (χ2n) is 6.23. The highest BCUT2D eigenvalue weighted by Crippen LogP contribution is 2.13. The Kier molecular flexibility index (Phi) is 6.75. The summed E-state index contributed by atoms with van der Waals surface area (Å²) in [7, 11) is 0. The molecular formula is C21H25NO3. The summed E-state index contributed by atoms with van der Waals surface area (Å²) in [5, 5.41) is 2.78. The standard InChI is InChI=1S/C21H25NO3/c1-15-4-8-19(9-5-15)25-13-12-22-21(24)11-10-20(23)18-7-6-16(2)17(3)14-18/h4-9,14H,10-13H2,1-3H3,(H,22,24). The van der Waals surface area contributed by atoms with Gasteiger partial charge in [0, 0.05) is 18.4 Å². The predicted molar refractivity (Wildman–Crippen MR) is 99.2 cm³/mol. The molecule has 2 rings (SSSR count). The second-order valence-corrected chi connectivity index (χ2v) is 6.23. The molecule has 0 saturated carbocycles. The van der Waals surface area contributed by atoms with Crippen molar-refractivity contribution in [1.29, 1.82) is 0 Å². The van der Waals surface area contributed by atoms with Crippen molar-refractivity contribution in [3.8, 4) is 5.75 Å². The van der Waals surface area contributed by atoms with Gasteiger partial charge >= 0.3 is 0 Å². The summed E-state index contributed by atoms with van der Waals surface area (Å²) in [5.41, 5.74) is 4.08. The number of benzene rings is 2. The van der Waals surface area contributed by atoms with E-state index in [2.05, 4.69) is 5.32 Å². The minimum Gasteiger partial charge on any atom is -0.492 e. The summed E-state index contributed by atoms with van der Waals surface area (Å²) < 4.78 is 5.55. The number of nitrogens with one attached hydrogen (secondary N) is 1. The Balaban J connectivity index is 1.67. The quantitative estimate of drug-likeness (QED) is 0.588. The topological polar surface area (TPSA) is 55.4 Å². The first-order chi connectivity index (χ1) is 12.0. The first-order valence-electron chi connectivity index (χ1n) is 8.52. The fourth-order valence-corrected chi connectivity index (χ4v) is 2.37. The van der Waals surface area contributed by atoms with Crippen LogP contribution in [0.25, 0.3) is 0 Å². The summed E-state index contributed by atoms with van der Waals surface area (Å²) in [6.45, 7) is 6.83. The highest BCUT2D eigenvalue weighted by molar-refractivity contribution is 5.98. The average molecular weight is 339 g/mol. The molecule has 4 nitrogen and oxygen atoms in total. The zero-order valence-corrected chi connectivity index (χ0v) is 15.1. The monoisotopic (exact) mass is 339 g/mol. The van der Waals surface area contributed by atoms with Crippen molar-refractivity contribution in [2.45, 2.75) is 33.6 Å².